The van der Waals surface area contributed by atoms with Gasteiger partial charge in [0.2, 0.25) is 0 Å². The maximum atomic E-state index is 12.6. The van der Waals surface area contributed by atoms with E-state index in [0.29, 0.717) is 29.6 Å². The van der Waals surface area contributed by atoms with Crippen molar-refractivity contribution in [2.75, 3.05) is 6.54 Å². The van der Waals surface area contributed by atoms with E-state index in [4.69, 9.17) is 11.6 Å². The summed E-state index contributed by atoms with van der Waals surface area (Å²) in [6.07, 6.45) is 5.33. The number of rotatable bonds is 8. The summed E-state index contributed by atoms with van der Waals surface area (Å²) in [7, 11) is 0. The fourth-order valence-corrected chi connectivity index (χ4v) is 3.06. The van der Waals surface area contributed by atoms with Crippen LogP contribution in [-0.2, 0) is 13.1 Å². The standard InChI is InChI=1S/C21H23ClF2N6O/c1-3-25-21(29-13-16-10-17(22)5-6-18(16)31-20(23)24)28-12-15-4-7-19(27-11-15)30-9-8-26-14(30)2/h4-11,20H,3,12-13H2,1-2H3,(H2,25,28,29). The van der Waals surface area contributed by atoms with Gasteiger partial charge in [-0.1, -0.05) is 17.7 Å². The zero-order valence-corrected chi connectivity index (χ0v) is 17.9. The van der Waals surface area contributed by atoms with Crippen molar-refractivity contribution in [3.05, 3.63) is 70.9 Å². The highest BCUT2D eigenvalue weighted by Crippen LogP contribution is 2.24. The normalized spacial score (nSPS) is 11.6. The lowest BCUT2D eigenvalue weighted by molar-refractivity contribution is -0.0504. The minimum absolute atomic E-state index is 0.0670. The molecule has 0 aliphatic heterocycles. The Labute approximate surface area is 184 Å². The molecule has 0 saturated heterocycles. The zero-order chi connectivity index (χ0) is 22.2. The van der Waals surface area contributed by atoms with Crippen LogP contribution in [0.25, 0.3) is 5.82 Å². The number of aromatic nitrogens is 3. The van der Waals surface area contributed by atoms with Gasteiger partial charge >= 0.3 is 6.61 Å². The van der Waals surface area contributed by atoms with E-state index in [9.17, 15) is 8.78 Å². The fourth-order valence-electron chi connectivity index (χ4n) is 2.86. The molecule has 0 atom stereocenters. The van der Waals surface area contributed by atoms with Crippen LogP contribution in [0.5, 0.6) is 5.75 Å². The number of hydrogen-bond acceptors (Lipinski definition) is 4. The average Bonchev–Trinajstić information content (AvgIpc) is 3.17. The summed E-state index contributed by atoms with van der Waals surface area (Å²) in [4.78, 5) is 13.2. The van der Waals surface area contributed by atoms with Crippen LogP contribution in [0.15, 0.2) is 53.9 Å². The molecule has 31 heavy (non-hydrogen) atoms. The van der Waals surface area contributed by atoms with Crippen molar-refractivity contribution in [1.82, 2.24) is 25.2 Å². The Hall–Kier alpha value is -3.20. The summed E-state index contributed by atoms with van der Waals surface area (Å²) in [5, 5.41) is 6.67. The van der Waals surface area contributed by atoms with E-state index in [2.05, 4.69) is 30.3 Å². The van der Waals surface area contributed by atoms with E-state index >= 15 is 0 Å². The first-order chi connectivity index (χ1) is 15.0. The molecule has 3 rings (SSSR count). The van der Waals surface area contributed by atoms with Crippen molar-refractivity contribution in [2.24, 2.45) is 4.99 Å². The number of guanidine groups is 1. The Morgan fingerprint density at radius 2 is 2.06 bits per heavy atom. The number of benzene rings is 1. The maximum Gasteiger partial charge on any atom is 0.387 e. The third-order valence-electron chi connectivity index (χ3n) is 4.33. The Bertz CT molecular complexity index is 1020. The molecule has 0 aliphatic rings. The number of hydrogen-bond donors (Lipinski definition) is 2. The summed E-state index contributed by atoms with van der Waals surface area (Å²) in [6, 6.07) is 8.35. The van der Waals surface area contributed by atoms with Gasteiger partial charge in [-0.05, 0) is 43.7 Å². The number of aryl methyl sites for hydroxylation is 1. The second-order valence-corrected chi connectivity index (χ2v) is 6.98. The molecule has 2 aromatic heterocycles. The maximum absolute atomic E-state index is 12.6. The van der Waals surface area contributed by atoms with Gasteiger partial charge < -0.3 is 15.4 Å². The molecule has 10 heteroatoms. The molecule has 2 heterocycles. The first-order valence-corrected chi connectivity index (χ1v) is 10.0. The SMILES string of the molecule is CCNC(=NCc1ccc(-n2ccnc2C)nc1)NCc1cc(Cl)ccc1OC(F)F. The largest absolute Gasteiger partial charge is 0.434 e. The van der Waals surface area contributed by atoms with Crippen LogP contribution in [0.3, 0.4) is 0 Å². The van der Waals surface area contributed by atoms with E-state index in [1.807, 2.05) is 36.7 Å². The van der Waals surface area contributed by atoms with E-state index in [-0.39, 0.29) is 12.3 Å². The summed E-state index contributed by atoms with van der Waals surface area (Å²) in [5.74, 6) is 2.23. The average molecular weight is 449 g/mol. The topological polar surface area (TPSA) is 76.4 Å². The van der Waals surface area contributed by atoms with Gasteiger partial charge in [0.1, 0.15) is 17.4 Å². The smallest absolute Gasteiger partial charge is 0.387 e. The lowest BCUT2D eigenvalue weighted by atomic mass is 10.2. The molecule has 0 bridgehead atoms. The lowest BCUT2D eigenvalue weighted by Gasteiger charge is -2.14. The van der Waals surface area contributed by atoms with Crippen LogP contribution < -0.4 is 15.4 Å². The molecule has 0 fully saturated rings. The molecule has 0 amide bonds. The van der Waals surface area contributed by atoms with Gasteiger partial charge in [0, 0.05) is 42.3 Å². The lowest BCUT2D eigenvalue weighted by Crippen LogP contribution is -2.36. The Morgan fingerprint density at radius 1 is 1.23 bits per heavy atom. The number of nitrogens with zero attached hydrogens (tertiary/aromatic N) is 4. The highest BCUT2D eigenvalue weighted by Gasteiger charge is 2.11. The van der Waals surface area contributed by atoms with E-state index in [0.717, 1.165) is 17.2 Å². The van der Waals surface area contributed by atoms with Gasteiger partial charge in [0.15, 0.2) is 5.96 Å². The molecule has 1 aromatic carbocycles. The van der Waals surface area contributed by atoms with E-state index in [1.165, 1.54) is 12.1 Å². The zero-order valence-electron chi connectivity index (χ0n) is 17.1. The molecule has 0 radical (unpaired) electrons. The van der Waals surface area contributed by atoms with Gasteiger partial charge in [-0.3, -0.25) is 4.57 Å². The van der Waals surface area contributed by atoms with Crippen LogP contribution in [0.2, 0.25) is 5.02 Å². The molecule has 2 N–H and O–H groups in total. The van der Waals surface area contributed by atoms with E-state index < -0.39 is 6.61 Å². The monoisotopic (exact) mass is 448 g/mol. The molecular weight excluding hydrogens is 426 g/mol. The highest BCUT2D eigenvalue weighted by atomic mass is 35.5. The van der Waals surface area contributed by atoms with E-state index in [1.54, 1.807) is 18.5 Å². The third kappa shape index (κ3) is 6.39. The van der Waals surface area contributed by atoms with Crippen molar-refractivity contribution in [3.63, 3.8) is 0 Å². The molecule has 0 aliphatic carbocycles. The Balaban J connectivity index is 1.67. The molecule has 0 unspecified atom stereocenters. The minimum Gasteiger partial charge on any atom is -0.434 e. The predicted octanol–water partition coefficient (Wildman–Crippen LogP) is 4.09. The van der Waals surface area contributed by atoms with Crippen molar-refractivity contribution in [3.8, 4) is 11.6 Å². The number of imidazole rings is 1. The number of halogens is 3. The molecule has 7 nitrogen and oxygen atoms in total. The van der Waals surface area contributed by atoms with Crippen LogP contribution in [0.4, 0.5) is 8.78 Å². The molecule has 0 spiro atoms. The summed E-state index contributed by atoms with van der Waals surface area (Å²) in [6.45, 7) is 2.17. The summed E-state index contributed by atoms with van der Waals surface area (Å²) >= 11 is 6.00. The Morgan fingerprint density at radius 3 is 2.71 bits per heavy atom. The molecule has 3 aromatic rings. The van der Waals surface area contributed by atoms with Crippen molar-refractivity contribution < 1.29 is 13.5 Å². The fraction of sp³-hybridized carbons (Fsp3) is 0.286. The molecular formula is C21H23ClF2N6O. The van der Waals surface area contributed by atoms with Gasteiger partial charge in [-0.15, -0.1) is 0 Å². The van der Waals surface area contributed by atoms with Crippen LogP contribution in [0, 0.1) is 6.92 Å². The van der Waals surface area contributed by atoms with Gasteiger partial charge in [-0.25, -0.2) is 15.0 Å². The summed E-state index contributed by atoms with van der Waals surface area (Å²) < 4.78 is 31.8. The number of ether oxygens (including phenoxy) is 1. The summed E-state index contributed by atoms with van der Waals surface area (Å²) in [5.41, 5.74) is 1.42. The number of pyridine rings is 1. The van der Waals surface area contributed by atoms with Crippen LogP contribution in [-0.4, -0.2) is 33.7 Å². The second kappa shape index (κ2) is 10.7. The third-order valence-corrected chi connectivity index (χ3v) is 4.57. The predicted molar refractivity (Wildman–Crippen MR) is 116 cm³/mol. The highest BCUT2D eigenvalue weighted by molar-refractivity contribution is 6.30. The molecule has 164 valence electrons. The van der Waals surface area contributed by atoms with Crippen LogP contribution in [0.1, 0.15) is 23.9 Å². The van der Waals surface area contributed by atoms with Crippen molar-refractivity contribution in [2.45, 2.75) is 33.5 Å². The quantitative estimate of drug-likeness (QED) is 0.401. The number of nitrogens with one attached hydrogen (secondary N) is 2. The minimum atomic E-state index is -2.91. The van der Waals surface area contributed by atoms with Gasteiger partial charge in [0.05, 0.1) is 6.54 Å². The number of aliphatic imine (C=N–C) groups is 1. The second-order valence-electron chi connectivity index (χ2n) is 6.55. The van der Waals surface area contributed by atoms with Crippen LogP contribution >= 0.6 is 11.6 Å². The van der Waals surface area contributed by atoms with Gasteiger partial charge in [0.25, 0.3) is 0 Å². The Kier molecular flexibility index (Phi) is 7.77. The van der Waals surface area contributed by atoms with Gasteiger partial charge in [-0.2, -0.15) is 8.78 Å². The molecule has 0 saturated carbocycles. The first kappa shape index (κ1) is 22.5. The van der Waals surface area contributed by atoms with Crippen molar-refractivity contribution in [1.29, 1.82) is 0 Å². The number of alkyl halides is 2. The first-order valence-electron chi connectivity index (χ1n) is 9.67. The van der Waals surface area contributed by atoms with Crippen molar-refractivity contribution >= 4 is 17.6 Å².